The second kappa shape index (κ2) is 5.69. The van der Waals surface area contributed by atoms with Gasteiger partial charge in [0.2, 0.25) is 0 Å². The molecule has 116 valence electrons. The minimum atomic E-state index is -0.835. The van der Waals surface area contributed by atoms with Gasteiger partial charge in [-0.2, -0.15) is 0 Å². The highest BCUT2D eigenvalue weighted by Crippen LogP contribution is 2.31. The third-order valence-corrected chi connectivity index (χ3v) is 4.33. The third-order valence-electron chi connectivity index (χ3n) is 4.33. The van der Waals surface area contributed by atoms with E-state index in [0.29, 0.717) is 5.56 Å². The van der Waals surface area contributed by atoms with Crippen LogP contribution in [0.5, 0.6) is 0 Å². The van der Waals surface area contributed by atoms with Gasteiger partial charge in [-0.15, -0.1) is 0 Å². The summed E-state index contributed by atoms with van der Waals surface area (Å²) in [6, 6.07) is 4.92. The van der Waals surface area contributed by atoms with Crippen LogP contribution in [0.15, 0.2) is 42.5 Å². The molecule has 3 atom stereocenters. The van der Waals surface area contributed by atoms with Gasteiger partial charge in [-0.05, 0) is 26.3 Å². The number of carbonyl (C=O) groups excluding carboxylic acids is 1. The van der Waals surface area contributed by atoms with Crippen molar-refractivity contribution in [3.8, 4) is 0 Å². The minimum absolute atomic E-state index is 0.0388. The number of morpholine rings is 1. The molecular weight excluding hydrogens is 281 g/mol. The summed E-state index contributed by atoms with van der Waals surface area (Å²) < 4.78 is 20.0. The van der Waals surface area contributed by atoms with Crippen molar-refractivity contribution in [3.63, 3.8) is 0 Å². The van der Waals surface area contributed by atoms with E-state index in [9.17, 15) is 9.18 Å². The fourth-order valence-electron chi connectivity index (χ4n) is 3.06. The molecule has 22 heavy (non-hydrogen) atoms. The maximum atomic E-state index is 14.2. The van der Waals surface area contributed by atoms with Gasteiger partial charge in [0.25, 0.3) is 5.91 Å². The predicted octanol–water partition coefficient (Wildman–Crippen LogP) is 3.00. The first-order chi connectivity index (χ1) is 10.5. The highest BCUT2D eigenvalue weighted by Gasteiger charge is 2.41. The largest absolute Gasteiger partial charge is 0.365 e. The van der Waals surface area contributed by atoms with Gasteiger partial charge in [0.1, 0.15) is 11.9 Å². The first-order valence-electron chi connectivity index (χ1n) is 7.53. The molecule has 1 amide bonds. The van der Waals surface area contributed by atoms with Gasteiger partial charge < -0.3 is 10.1 Å². The Morgan fingerprint density at radius 2 is 2.18 bits per heavy atom. The molecule has 0 radical (unpaired) electrons. The molecule has 1 aromatic carbocycles. The Kier molecular flexibility index (Phi) is 3.87. The standard InChI is InChI=1S/C18H20FNO2/c1-12-8-9-15(19)14(10-12)18(2)11-22-16(17(21)20-18)13-6-4-3-5-7-13/h3-6,8-10,13,16H,7,11H2,1-2H3,(H,20,21). The van der Waals surface area contributed by atoms with Crippen LogP contribution < -0.4 is 5.32 Å². The third kappa shape index (κ3) is 2.71. The Balaban J connectivity index is 1.81. The van der Waals surface area contributed by atoms with E-state index in [1.165, 1.54) is 6.07 Å². The topological polar surface area (TPSA) is 38.3 Å². The van der Waals surface area contributed by atoms with Gasteiger partial charge >= 0.3 is 0 Å². The van der Waals surface area contributed by atoms with Gasteiger partial charge in [-0.3, -0.25) is 4.79 Å². The summed E-state index contributed by atoms with van der Waals surface area (Å²) >= 11 is 0. The van der Waals surface area contributed by atoms with Gasteiger partial charge in [0.15, 0.2) is 0 Å². The number of ether oxygens (including phenoxy) is 1. The van der Waals surface area contributed by atoms with Crippen LogP contribution in [0.2, 0.25) is 0 Å². The summed E-state index contributed by atoms with van der Waals surface area (Å²) in [6.45, 7) is 3.97. The predicted molar refractivity (Wildman–Crippen MR) is 82.8 cm³/mol. The van der Waals surface area contributed by atoms with Gasteiger partial charge in [0.05, 0.1) is 12.1 Å². The van der Waals surface area contributed by atoms with Crippen LogP contribution in [0, 0.1) is 18.7 Å². The van der Waals surface area contributed by atoms with Crippen molar-refractivity contribution in [1.29, 1.82) is 0 Å². The average molecular weight is 301 g/mol. The lowest BCUT2D eigenvalue weighted by molar-refractivity contribution is -0.149. The molecule has 3 unspecified atom stereocenters. The van der Waals surface area contributed by atoms with E-state index in [4.69, 9.17) is 4.74 Å². The summed E-state index contributed by atoms with van der Waals surface area (Å²) in [6.07, 6.45) is 8.17. The minimum Gasteiger partial charge on any atom is -0.365 e. The summed E-state index contributed by atoms with van der Waals surface area (Å²) in [5.74, 6) is -0.465. The number of amides is 1. The number of allylic oxidation sites excluding steroid dienone is 3. The van der Waals surface area contributed by atoms with Crippen molar-refractivity contribution in [1.82, 2.24) is 5.32 Å². The molecule has 1 heterocycles. The fourth-order valence-corrected chi connectivity index (χ4v) is 3.06. The molecule has 1 fully saturated rings. The van der Waals surface area contributed by atoms with E-state index >= 15 is 0 Å². The molecule has 1 saturated heterocycles. The maximum Gasteiger partial charge on any atom is 0.250 e. The summed E-state index contributed by atoms with van der Waals surface area (Å²) in [5.41, 5.74) is 0.588. The van der Waals surface area contributed by atoms with Crippen molar-refractivity contribution < 1.29 is 13.9 Å². The highest BCUT2D eigenvalue weighted by atomic mass is 19.1. The quantitative estimate of drug-likeness (QED) is 0.912. The Morgan fingerprint density at radius 1 is 1.36 bits per heavy atom. The first-order valence-corrected chi connectivity index (χ1v) is 7.53. The monoisotopic (exact) mass is 301 g/mol. The van der Waals surface area contributed by atoms with E-state index in [0.717, 1.165) is 12.0 Å². The first kappa shape index (κ1) is 15.0. The lowest BCUT2D eigenvalue weighted by Gasteiger charge is -2.40. The number of hydrogen-bond donors (Lipinski definition) is 1. The lowest BCUT2D eigenvalue weighted by atomic mass is 9.86. The summed E-state index contributed by atoms with van der Waals surface area (Å²) in [4.78, 5) is 12.5. The second-order valence-corrected chi connectivity index (χ2v) is 6.25. The fraction of sp³-hybridized carbons (Fsp3) is 0.389. The maximum absolute atomic E-state index is 14.2. The second-order valence-electron chi connectivity index (χ2n) is 6.25. The molecule has 4 heteroatoms. The Hall–Kier alpha value is -1.94. The van der Waals surface area contributed by atoms with Crippen LogP contribution in [-0.4, -0.2) is 18.6 Å². The van der Waals surface area contributed by atoms with Crippen LogP contribution in [-0.2, 0) is 15.1 Å². The van der Waals surface area contributed by atoms with Crippen LogP contribution in [0.4, 0.5) is 4.39 Å². The van der Waals surface area contributed by atoms with Crippen LogP contribution in [0.25, 0.3) is 0 Å². The zero-order valence-electron chi connectivity index (χ0n) is 12.8. The summed E-state index contributed by atoms with van der Waals surface area (Å²) in [7, 11) is 0. The molecule has 3 nitrogen and oxygen atoms in total. The van der Waals surface area contributed by atoms with Crippen LogP contribution in [0.1, 0.15) is 24.5 Å². The zero-order chi connectivity index (χ0) is 15.7. The number of hydrogen-bond acceptors (Lipinski definition) is 2. The Bertz CT molecular complexity index is 652. The van der Waals surface area contributed by atoms with Crippen molar-refractivity contribution >= 4 is 5.91 Å². The van der Waals surface area contributed by atoms with E-state index in [1.807, 2.05) is 31.2 Å². The molecule has 1 aliphatic carbocycles. The number of halogens is 1. The van der Waals surface area contributed by atoms with Crippen molar-refractivity contribution in [2.45, 2.75) is 31.9 Å². The smallest absolute Gasteiger partial charge is 0.250 e. The number of carbonyl (C=O) groups is 1. The van der Waals surface area contributed by atoms with Crippen molar-refractivity contribution in [2.24, 2.45) is 5.92 Å². The number of rotatable bonds is 2. The van der Waals surface area contributed by atoms with E-state index in [-0.39, 0.29) is 24.2 Å². The molecule has 3 rings (SSSR count). The van der Waals surface area contributed by atoms with Crippen LogP contribution >= 0.6 is 0 Å². The number of nitrogens with one attached hydrogen (secondary N) is 1. The SMILES string of the molecule is Cc1ccc(F)c(C2(C)COC(C3C=CC=CC3)C(=O)N2)c1. The van der Waals surface area contributed by atoms with E-state index < -0.39 is 11.6 Å². The summed E-state index contributed by atoms with van der Waals surface area (Å²) in [5, 5.41) is 2.96. The number of benzene rings is 1. The molecule has 0 aromatic heterocycles. The van der Waals surface area contributed by atoms with E-state index in [1.54, 1.807) is 19.1 Å². The van der Waals surface area contributed by atoms with Gasteiger partial charge in [0, 0.05) is 11.5 Å². The average Bonchev–Trinajstić information content (AvgIpc) is 2.50. The van der Waals surface area contributed by atoms with Crippen molar-refractivity contribution in [3.05, 3.63) is 59.4 Å². The molecule has 0 bridgehead atoms. The van der Waals surface area contributed by atoms with Gasteiger partial charge in [-0.1, -0.05) is 42.0 Å². The van der Waals surface area contributed by atoms with Crippen LogP contribution in [0.3, 0.4) is 0 Å². The normalized spacial score (nSPS) is 31.1. The molecule has 1 N–H and O–H groups in total. The molecule has 2 aliphatic rings. The lowest BCUT2D eigenvalue weighted by Crippen LogP contribution is -2.58. The Labute approximate surface area is 129 Å². The molecule has 1 aromatic rings. The van der Waals surface area contributed by atoms with Crippen molar-refractivity contribution in [2.75, 3.05) is 6.61 Å². The Morgan fingerprint density at radius 3 is 2.86 bits per heavy atom. The molecule has 0 saturated carbocycles. The molecule has 1 aliphatic heterocycles. The number of aryl methyl sites for hydroxylation is 1. The molecular formula is C18H20FNO2. The molecule has 0 spiro atoms. The highest BCUT2D eigenvalue weighted by molar-refractivity contribution is 5.83. The van der Waals surface area contributed by atoms with E-state index in [2.05, 4.69) is 5.32 Å². The van der Waals surface area contributed by atoms with Gasteiger partial charge in [-0.25, -0.2) is 4.39 Å². The zero-order valence-corrected chi connectivity index (χ0v) is 12.8.